The minimum Gasteiger partial charge on any atom is -0.453 e. The molecule has 0 amide bonds. The van der Waals surface area contributed by atoms with Gasteiger partial charge in [-0.3, -0.25) is 0 Å². The van der Waals surface area contributed by atoms with Gasteiger partial charge in [0.25, 0.3) is 0 Å². The molecule has 0 aliphatic rings. The molecule has 0 fully saturated rings. The van der Waals surface area contributed by atoms with Gasteiger partial charge in [0.05, 0.1) is 0 Å². The maximum absolute atomic E-state index is 13.3. The molecule has 30 heavy (non-hydrogen) atoms. The van der Waals surface area contributed by atoms with Crippen molar-refractivity contribution in [1.82, 2.24) is 0 Å². The highest BCUT2D eigenvalue weighted by Gasteiger charge is 2.36. The first-order valence-electron chi connectivity index (χ1n) is 8.33. The summed E-state index contributed by atoms with van der Waals surface area (Å²) < 4.78 is 90.5. The van der Waals surface area contributed by atoms with Gasteiger partial charge in [0.2, 0.25) is 0 Å². The lowest BCUT2D eigenvalue weighted by atomic mass is 10.1. The topological polar surface area (TPSA) is 70.5 Å². The zero-order chi connectivity index (χ0) is 22.1. The molecule has 0 aromatic heterocycles. The van der Waals surface area contributed by atoms with Crippen molar-refractivity contribution in [1.29, 1.82) is 0 Å². The van der Waals surface area contributed by atoms with Crippen LogP contribution in [-0.4, -0.2) is 0 Å². The lowest BCUT2D eigenvalue weighted by molar-refractivity contribution is -0.139. The van der Waals surface area contributed by atoms with Crippen LogP contribution in [0.25, 0.3) is 0 Å². The average Bonchev–Trinajstić information content (AvgIpc) is 2.64. The fourth-order valence-electron chi connectivity index (χ4n) is 2.57. The Balaban J connectivity index is 2.01. The number of ether oxygens (including phenoxy) is 2. The second-order valence-electron chi connectivity index (χ2n) is 6.16. The molecule has 3 aromatic carbocycles. The minimum absolute atomic E-state index is 0.129. The fourth-order valence-corrected chi connectivity index (χ4v) is 2.57. The minimum atomic E-state index is -4.76. The van der Waals surface area contributed by atoms with Gasteiger partial charge in [-0.25, -0.2) is 0 Å². The van der Waals surface area contributed by atoms with E-state index in [-0.39, 0.29) is 22.9 Å². The Kier molecular flexibility index (Phi) is 5.43. The summed E-state index contributed by atoms with van der Waals surface area (Å²) in [6.07, 6.45) is -9.53. The first-order chi connectivity index (χ1) is 13.9. The molecule has 4 nitrogen and oxygen atoms in total. The van der Waals surface area contributed by atoms with Crippen LogP contribution in [0.4, 0.5) is 37.7 Å². The third-order valence-corrected chi connectivity index (χ3v) is 3.91. The second kappa shape index (κ2) is 7.69. The summed E-state index contributed by atoms with van der Waals surface area (Å²) in [7, 11) is 0. The molecule has 3 rings (SSSR count). The van der Waals surface area contributed by atoms with Gasteiger partial charge in [0.15, 0.2) is 11.5 Å². The van der Waals surface area contributed by atoms with E-state index >= 15 is 0 Å². The van der Waals surface area contributed by atoms with Gasteiger partial charge < -0.3 is 20.9 Å². The maximum Gasteiger partial charge on any atom is 0.420 e. The van der Waals surface area contributed by atoms with Crippen LogP contribution in [0.15, 0.2) is 60.7 Å². The fraction of sp³-hybridized carbons (Fsp3) is 0.100. The van der Waals surface area contributed by atoms with Crippen molar-refractivity contribution in [3.8, 4) is 23.0 Å². The van der Waals surface area contributed by atoms with Crippen molar-refractivity contribution in [3.63, 3.8) is 0 Å². The van der Waals surface area contributed by atoms with E-state index in [0.717, 1.165) is 12.1 Å². The van der Waals surface area contributed by atoms with E-state index in [2.05, 4.69) is 0 Å². The molecule has 3 aromatic rings. The maximum atomic E-state index is 13.3. The van der Waals surface area contributed by atoms with Crippen molar-refractivity contribution in [2.75, 3.05) is 11.5 Å². The summed E-state index contributed by atoms with van der Waals surface area (Å²) in [6.45, 7) is 0. The number of rotatable bonds is 4. The number of nitrogens with two attached hydrogens (primary N) is 2. The van der Waals surface area contributed by atoms with Gasteiger partial charge >= 0.3 is 12.4 Å². The molecule has 0 unspecified atom stereocenters. The summed E-state index contributed by atoms with van der Waals surface area (Å²) in [5, 5.41) is 0. The van der Waals surface area contributed by atoms with Crippen LogP contribution in [0.5, 0.6) is 23.0 Å². The van der Waals surface area contributed by atoms with Gasteiger partial charge in [0.1, 0.15) is 22.6 Å². The van der Waals surface area contributed by atoms with E-state index in [1.54, 1.807) is 0 Å². The summed E-state index contributed by atoms with van der Waals surface area (Å²) in [5.41, 5.74) is 8.31. The molecule has 0 aliphatic heterocycles. The normalized spacial score (nSPS) is 11.9. The molecule has 4 N–H and O–H groups in total. The van der Waals surface area contributed by atoms with Gasteiger partial charge in [-0.05, 0) is 48.5 Å². The predicted octanol–water partition coefficient (Wildman–Crippen LogP) is 6.47. The number of alkyl halides is 6. The highest BCUT2D eigenvalue weighted by molar-refractivity contribution is 5.54. The molecule has 158 valence electrons. The van der Waals surface area contributed by atoms with E-state index in [0.29, 0.717) is 12.1 Å². The van der Waals surface area contributed by atoms with Crippen LogP contribution >= 0.6 is 0 Å². The second-order valence-corrected chi connectivity index (χ2v) is 6.16. The highest BCUT2D eigenvalue weighted by Crippen LogP contribution is 2.44. The summed E-state index contributed by atoms with van der Waals surface area (Å²) >= 11 is 0. The highest BCUT2D eigenvalue weighted by atomic mass is 19.4. The van der Waals surface area contributed by atoms with Crippen LogP contribution in [-0.2, 0) is 12.4 Å². The van der Waals surface area contributed by atoms with Crippen molar-refractivity contribution in [2.24, 2.45) is 0 Å². The zero-order valence-electron chi connectivity index (χ0n) is 15.0. The number of benzene rings is 3. The molecule has 0 saturated carbocycles. The molecule has 10 heteroatoms. The summed E-state index contributed by atoms with van der Waals surface area (Å²) in [6, 6.07) is 11.2. The Morgan fingerprint density at radius 2 is 0.900 bits per heavy atom. The Morgan fingerprint density at radius 3 is 1.23 bits per heavy atom. The van der Waals surface area contributed by atoms with Gasteiger partial charge in [-0.15, -0.1) is 0 Å². The zero-order valence-corrected chi connectivity index (χ0v) is 15.0. The summed E-state index contributed by atoms with van der Waals surface area (Å²) in [5.74, 6) is -1.61. The van der Waals surface area contributed by atoms with E-state index in [1.165, 1.54) is 36.4 Å². The molecule has 0 spiro atoms. The standard InChI is InChI=1S/C20H14F6N2O2/c21-19(22,23)13-9-11(27)5-7-15(13)29-17-3-1-2-4-18(17)30-16-8-6-12(28)10-14(16)20(24,25)26/h1-10H,27-28H2. The quantitative estimate of drug-likeness (QED) is 0.369. The molecule has 0 aliphatic carbocycles. The number of para-hydroxylation sites is 2. The van der Waals surface area contributed by atoms with Crippen LogP contribution in [0, 0.1) is 0 Å². The van der Waals surface area contributed by atoms with Crippen LogP contribution in [0.3, 0.4) is 0 Å². The Labute approximate surface area is 166 Å². The Bertz CT molecular complexity index is 979. The van der Waals surface area contributed by atoms with E-state index in [1.807, 2.05) is 0 Å². The first-order valence-corrected chi connectivity index (χ1v) is 8.33. The number of hydrogen-bond donors (Lipinski definition) is 2. The number of anilines is 2. The molecule has 0 radical (unpaired) electrons. The van der Waals surface area contributed by atoms with E-state index < -0.39 is 35.0 Å². The molecule has 0 bridgehead atoms. The van der Waals surface area contributed by atoms with Crippen LogP contribution in [0.2, 0.25) is 0 Å². The lowest BCUT2D eigenvalue weighted by Crippen LogP contribution is -2.09. The largest absolute Gasteiger partial charge is 0.453 e. The monoisotopic (exact) mass is 428 g/mol. The van der Waals surface area contributed by atoms with Crippen molar-refractivity contribution >= 4 is 11.4 Å². The molecular formula is C20H14F6N2O2. The SMILES string of the molecule is Nc1ccc(Oc2ccccc2Oc2ccc(N)cc2C(F)(F)F)c(C(F)(F)F)c1. The van der Waals surface area contributed by atoms with Gasteiger partial charge in [-0.2, -0.15) is 26.3 Å². The van der Waals surface area contributed by atoms with Crippen LogP contribution < -0.4 is 20.9 Å². The Morgan fingerprint density at radius 1 is 0.533 bits per heavy atom. The lowest BCUT2D eigenvalue weighted by Gasteiger charge is -2.18. The summed E-state index contributed by atoms with van der Waals surface area (Å²) in [4.78, 5) is 0. The Hall–Kier alpha value is -3.56. The first kappa shape index (κ1) is 21.2. The third kappa shape index (κ3) is 4.70. The third-order valence-electron chi connectivity index (χ3n) is 3.91. The van der Waals surface area contributed by atoms with Crippen LogP contribution in [0.1, 0.15) is 11.1 Å². The molecule has 0 saturated heterocycles. The van der Waals surface area contributed by atoms with Crippen molar-refractivity contribution in [2.45, 2.75) is 12.4 Å². The number of nitrogen functional groups attached to an aromatic ring is 2. The van der Waals surface area contributed by atoms with Gasteiger partial charge in [-0.1, -0.05) is 12.1 Å². The molecule has 0 atom stereocenters. The average molecular weight is 428 g/mol. The van der Waals surface area contributed by atoms with Crippen molar-refractivity contribution in [3.05, 3.63) is 71.8 Å². The predicted molar refractivity (Wildman–Crippen MR) is 98.3 cm³/mol. The van der Waals surface area contributed by atoms with E-state index in [9.17, 15) is 26.3 Å². The molecule has 0 heterocycles. The van der Waals surface area contributed by atoms with Crippen molar-refractivity contribution < 1.29 is 35.8 Å². The van der Waals surface area contributed by atoms with Gasteiger partial charge in [0, 0.05) is 11.4 Å². The smallest absolute Gasteiger partial charge is 0.420 e. The van der Waals surface area contributed by atoms with E-state index in [4.69, 9.17) is 20.9 Å². The number of hydrogen-bond acceptors (Lipinski definition) is 4. The molecular weight excluding hydrogens is 414 g/mol. The number of halogens is 6.